The summed E-state index contributed by atoms with van der Waals surface area (Å²) in [5.74, 6) is 0.665. The van der Waals surface area contributed by atoms with Crippen molar-refractivity contribution in [3.8, 4) is 5.75 Å². The third-order valence-electron chi connectivity index (χ3n) is 3.07. The van der Waals surface area contributed by atoms with Crippen molar-refractivity contribution < 1.29 is 4.74 Å². The molecule has 0 heterocycles. The van der Waals surface area contributed by atoms with Gasteiger partial charge in [0.25, 0.3) is 0 Å². The zero-order valence-electron chi connectivity index (χ0n) is 11.1. The van der Waals surface area contributed by atoms with Gasteiger partial charge in [-0.05, 0) is 52.2 Å². The number of nitrogens with two attached hydrogens (primary N) is 1. The predicted molar refractivity (Wildman–Crippen MR) is 87.9 cm³/mol. The molecule has 0 aliphatic heterocycles. The molecule has 2 aromatic carbocycles. The maximum atomic E-state index is 6.34. The second-order valence-corrected chi connectivity index (χ2v) is 6.21. The van der Waals surface area contributed by atoms with E-state index in [4.69, 9.17) is 33.7 Å². The van der Waals surface area contributed by atoms with Gasteiger partial charge >= 0.3 is 0 Å². The lowest BCUT2D eigenvalue weighted by Crippen LogP contribution is -2.14. The highest BCUT2D eigenvalue weighted by Crippen LogP contribution is 2.38. The van der Waals surface area contributed by atoms with E-state index >= 15 is 0 Å². The van der Waals surface area contributed by atoms with Crippen molar-refractivity contribution in [2.45, 2.75) is 13.0 Å². The molecule has 0 aliphatic carbocycles. The van der Waals surface area contributed by atoms with Crippen molar-refractivity contribution in [2.24, 2.45) is 5.73 Å². The summed E-state index contributed by atoms with van der Waals surface area (Å²) in [4.78, 5) is 0. The number of ether oxygens (including phenoxy) is 1. The smallest absolute Gasteiger partial charge is 0.138 e. The normalized spacial score (nSPS) is 12.3. The summed E-state index contributed by atoms with van der Waals surface area (Å²) in [6, 6.07) is 8.96. The summed E-state index contributed by atoms with van der Waals surface area (Å²) in [5.41, 5.74) is 9.05. The van der Waals surface area contributed by atoms with E-state index in [1.165, 1.54) is 0 Å². The van der Waals surface area contributed by atoms with Crippen molar-refractivity contribution in [3.05, 3.63) is 61.5 Å². The molecule has 0 radical (unpaired) electrons. The fourth-order valence-corrected chi connectivity index (χ4v) is 3.43. The highest BCUT2D eigenvalue weighted by atomic mass is 79.9. The standard InChI is InChI=1S/C15H14BrCl2NO/c1-8-3-4-10(13(18)5-8)14(19)11-6-9(17)7-12(16)15(11)20-2/h3-7,14H,19H2,1-2H3. The topological polar surface area (TPSA) is 35.2 Å². The molecule has 0 saturated carbocycles. The van der Waals surface area contributed by atoms with Crippen LogP contribution in [0.1, 0.15) is 22.7 Å². The molecular formula is C15H14BrCl2NO. The van der Waals surface area contributed by atoms with E-state index in [0.29, 0.717) is 15.8 Å². The van der Waals surface area contributed by atoms with Crippen molar-refractivity contribution in [2.75, 3.05) is 7.11 Å². The summed E-state index contributed by atoms with van der Waals surface area (Å²) in [7, 11) is 1.60. The molecule has 1 unspecified atom stereocenters. The Labute approximate surface area is 137 Å². The van der Waals surface area contributed by atoms with E-state index in [2.05, 4.69) is 15.9 Å². The van der Waals surface area contributed by atoms with Gasteiger partial charge in [0.05, 0.1) is 17.6 Å². The molecule has 0 amide bonds. The Bertz CT molecular complexity index is 646. The van der Waals surface area contributed by atoms with Crippen molar-refractivity contribution in [1.29, 1.82) is 0 Å². The van der Waals surface area contributed by atoms with Crippen LogP contribution in [0.15, 0.2) is 34.8 Å². The first-order valence-electron chi connectivity index (χ1n) is 5.98. The highest BCUT2D eigenvalue weighted by molar-refractivity contribution is 9.10. The number of halogens is 3. The third-order valence-corrected chi connectivity index (χ3v) is 4.20. The van der Waals surface area contributed by atoms with E-state index in [9.17, 15) is 0 Å². The van der Waals surface area contributed by atoms with Crippen LogP contribution in [0.3, 0.4) is 0 Å². The third kappa shape index (κ3) is 3.12. The second kappa shape index (κ2) is 6.35. The van der Waals surface area contributed by atoms with E-state index in [0.717, 1.165) is 21.2 Å². The van der Waals surface area contributed by atoms with E-state index in [1.807, 2.05) is 25.1 Å². The lowest BCUT2D eigenvalue weighted by Gasteiger charge is -2.19. The van der Waals surface area contributed by atoms with Gasteiger partial charge in [0, 0.05) is 15.6 Å². The second-order valence-electron chi connectivity index (χ2n) is 4.51. The zero-order chi connectivity index (χ0) is 14.9. The Hall–Kier alpha value is -0.740. The maximum absolute atomic E-state index is 6.34. The number of rotatable bonds is 3. The summed E-state index contributed by atoms with van der Waals surface area (Å²) in [6.07, 6.45) is 0. The number of benzene rings is 2. The van der Waals surface area contributed by atoms with Crippen LogP contribution in [0.5, 0.6) is 5.75 Å². The van der Waals surface area contributed by atoms with Gasteiger partial charge in [0.2, 0.25) is 0 Å². The number of aryl methyl sites for hydroxylation is 1. The quantitative estimate of drug-likeness (QED) is 0.808. The highest BCUT2D eigenvalue weighted by Gasteiger charge is 2.19. The monoisotopic (exact) mass is 373 g/mol. The van der Waals surface area contributed by atoms with Crippen LogP contribution in [-0.2, 0) is 0 Å². The average molecular weight is 375 g/mol. The van der Waals surface area contributed by atoms with Gasteiger partial charge in [-0.25, -0.2) is 0 Å². The van der Waals surface area contributed by atoms with Gasteiger partial charge < -0.3 is 10.5 Å². The molecule has 2 N–H and O–H groups in total. The van der Waals surface area contributed by atoms with Crippen molar-refractivity contribution >= 4 is 39.1 Å². The Balaban J connectivity index is 2.55. The SMILES string of the molecule is COc1c(Br)cc(Cl)cc1C(N)c1ccc(C)cc1Cl. The fourth-order valence-electron chi connectivity index (χ4n) is 2.08. The molecule has 2 rings (SSSR count). The Morgan fingerprint density at radius 3 is 2.45 bits per heavy atom. The van der Waals surface area contributed by atoms with E-state index in [1.54, 1.807) is 19.2 Å². The van der Waals surface area contributed by atoms with Crippen LogP contribution in [0, 0.1) is 6.92 Å². The Morgan fingerprint density at radius 1 is 1.15 bits per heavy atom. The molecule has 5 heteroatoms. The minimum absolute atomic E-state index is 0.409. The summed E-state index contributed by atoms with van der Waals surface area (Å²) in [5, 5.41) is 1.22. The molecule has 2 aromatic rings. The Kier molecular flexibility index (Phi) is 4.97. The lowest BCUT2D eigenvalue weighted by molar-refractivity contribution is 0.405. The van der Waals surface area contributed by atoms with Crippen LogP contribution in [-0.4, -0.2) is 7.11 Å². The van der Waals surface area contributed by atoms with Gasteiger partial charge in [-0.3, -0.25) is 0 Å². The number of hydrogen-bond acceptors (Lipinski definition) is 2. The summed E-state index contributed by atoms with van der Waals surface area (Å²) >= 11 is 15.8. The molecule has 0 aliphatic rings. The molecule has 0 spiro atoms. The molecular weight excluding hydrogens is 361 g/mol. The van der Waals surface area contributed by atoms with Crippen molar-refractivity contribution in [3.63, 3.8) is 0 Å². The van der Waals surface area contributed by atoms with Gasteiger partial charge in [-0.15, -0.1) is 0 Å². The van der Waals surface area contributed by atoms with Crippen molar-refractivity contribution in [1.82, 2.24) is 0 Å². The molecule has 0 bridgehead atoms. The van der Waals surface area contributed by atoms with Gasteiger partial charge in [-0.2, -0.15) is 0 Å². The van der Waals surface area contributed by atoms with Crippen LogP contribution in [0.2, 0.25) is 10.0 Å². The molecule has 1 atom stereocenters. The maximum Gasteiger partial charge on any atom is 0.138 e. The minimum Gasteiger partial charge on any atom is -0.495 e. The van der Waals surface area contributed by atoms with Gasteiger partial charge in [0.1, 0.15) is 5.75 Å². The van der Waals surface area contributed by atoms with E-state index < -0.39 is 6.04 Å². The first kappa shape index (κ1) is 15.6. The molecule has 0 fully saturated rings. The number of hydrogen-bond donors (Lipinski definition) is 1. The first-order chi connectivity index (χ1) is 9.43. The van der Waals surface area contributed by atoms with Crippen LogP contribution in [0.4, 0.5) is 0 Å². The van der Waals surface area contributed by atoms with E-state index in [-0.39, 0.29) is 0 Å². The molecule has 0 aromatic heterocycles. The molecule has 0 saturated heterocycles. The zero-order valence-corrected chi connectivity index (χ0v) is 14.2. The Morgan fingerprint density at radius 2 is 1.85 bits per heavy atom. The van der Waals surface area contributed by atoms with Crippen LogP contribution < -0.4 is 10.5 Å². The number of methoxy groups -OCH3 is 1. The van der Waals surface area contributed by atoms with Gasteiger partial charge in [0.15, 0.2) is 0 Å². The fraction of sp³-hybridized carbons (Fsp3) is 0.200. The molecule has 2 nitrogen and oxygen atoms in total. The average Bonchev–Trinajstić information content (AvgIpc) is 2.37. The van der Waals surface area contributed by atoms with Crippen LogP contribution in [0.25, 0.3) is 0 Å². The largest absolute Gasteiger partial charge is 0.495 e. The predicted octanol–water partition coefficient (Wildman–Crippen LogP) is 5.12. The lowest BCUT2D eigenvalue weighted by atomic mass is 9.98. The molecule has 106 valence electrons. The summed E-state index contributed by atoms with van der Waals surface area (Å²) in [6.45, 7) is 1.98. The molecule has 20 heavy (non-hydrogen) atoms. The minimum atomic E-state index is -0.409. The van der Waals surface area contributed by atoms with Gasteiger partial charge in [-0.1, -0.05) is 35.3 Å². The van der Waals surface area contributed by atoms with Crippen LogP contribution >= 0.6 is 39.1 Å². The first-order valence-corrected chi connectivity index (χ1v) is 7.53. The summed E-state index contributed by atoms with van der Waals surface area (Å²) < 4.78 is 6.17.